The third-order valence-corrected chi connectivity index (χ3v) is 6.89. The topological polar surface area (TPSA) is 69.7 Å². The summed E-state index contributed by atoms with van der Waals surface area (Å²) in [5, 5.41) is 3.37. The Balaban J connectivity index is 1.77. The van der Waals surface area contributed by atoms with Gasteiger partial charge in [0.15, 0.2) is 0 Å². The molecule has 2 aromatic carbocycles. The lowest BCUT2D eigenvalue weighted by atomic mass is 10.1. The van der Waals surface area contributed by atoms with Crippen LogP contribution in [0.25, 0.3) is 0 Å². The lowest BCUT2D eigenvalue weighted by Crippen LogP contribution is -2.29. The highest BCUT2D eigenvalue weighted by Gasteiger charge is 2.19. The summed E-state index contributed by atoms with van der Waals surface area (Å²) in [5.41, 5.74) is 1.80. The van der Waals surface area contributed by atoms with Gasteiger partial charge in [0.1, 0.15) is 0 Å². The Morgan fingerprint density at radius 1 is 1.07 bits per heavy atom. The molecule has 2 aromatic rings. The number of sulfonamides is 1. The van der Waals surface area contributed by atoms with Crippen LogP contribution in [0.5, 0.6) is 0 Å². The number of carbonyl (C=O) groups excluding carboxylic acids is 1. The van der Waals surface area contributed by atoms with E-state index in [1.807, 2.05) is 12.1 Å². The summed E-state index contributed by atoms with van der Waals surface area (Å²) < 4.78 is 25.7. The number of amides is 1. The van der Waals surface area contributed by atoms with Crippen molar-refractivity contribution < 1.29 is 13.2 Å². The number of hydrogen-bond acceptors (Lipinski definition) is 4. The van der Waals surface area contributed by atoms with Crippen LogP contribution < -0.4 is 10.2 Å². The summed E-state index contributed by atoms with van der Waals surface area (Å²) in [5.74, 6) is -0.391. The molecule has 0 radical (unpaired) electrons. The van der Waals surface area contributed by atoms with Gasteiger partial charge in [-0.25, -0.2) is 12.7 Å². The standard InChI is InChI=1S/C20H24ClN3O3S/c1-23(2)28(26,27)17-8-6-7-15(13-17)20(25)22-16-9-10-19(18(21)14-16)24-11-4-3-5-12-24/h6-10,13-14H,3-5,11-12H2,1-2H3,(H,22,25). The van der Waals surface area contributed by atoms with Crippen molar-refractivity contribution in [2.75, 3.05) is 37.4 Å². The van der Waals surface area contributed by atoms with Gasteiger partial charge in [0.25, 0.3) is 5.91 Å². The average molecular weight is 422 g/mol. The molecular formula is C20H24ClN3O3S. The minimum Gasteiger partial charge on any atom is -0.370 e. The fraction of sp³-hybridized carbons (Fsp3) is 0.350. The molecule has 0 saturated carbocycles. The molecule has 8 heteroatoms. The zero-order valence-corrected chi connectivity index (χ0v) is 17.6. The first-order chi connectivity index (χ1) is 13.3. The molecule has 1 heterocycles. The summed E-state index contributed by atoms with van der Waals surface area (Å²) in [4.78, 5) is 14.9. The van der Waals surface area contributed by atoms with Crippen LogP contribution in [0.4, 0.5) is 11.4 Å². The fourth-order valence-electron chi connectivity index (χ4n) is 3.19. The Labute approximate surface area is 171 Å². The second kappa shape index (κ2) is 8.51. The van der Waals surface area contributed by atoms with Crippen molar-refractivity contribution in [1.29, 1.82) is 0 Å². The van der Waals surface area contributed by atoms with Gasteiger partial charge in [-0.05, 0) is 55.7 Å². The van der Waals surface area contributed by atoms with Gasteiger partial charge >= 0.3 is 0 Å². The Morgan fingerprint density at radius 2 is 1.79 bits per heavy atom. The van der Waals surface area contributed by atoms with Crippen LogP contribution in [0.2, 0.25) is 5.02 Å². The number of nitrogens with zero attached hydrogens (tertiary/aromatic N) is 2. The maximum atomic E-state index is 12.6. The highest BCUT2D eigenvalue weighted by atomic mass is 35.5. The Bertz CT molecular complexity index is 970. The third kappa shape index (κ3) is 4.48. The Morgan fingerprint density at radius 3 is 2.43 bits per heavy atom. The SMILES string of the molecule is CN(C)S(=O)(=O)c1cccc(C(=O)Nc2ccc(N3CCCCC3)c(Cl)c2)c1. The van der Waals surface area contributed by atoms with Gasteiger partial charge in [-0.3, -0.25) is 4.79 Å². The highest BCUT2D eigenvalue weighted by Crippen LogP contribution is 2.31. The van der Waals surface area contributed by atoms with Crippen LogP contribution in [0, 0.1) is 0 Å². The van der Waals surface area contributed by atoms with Crippen molar-refractivity contribution in [3.63, 3.8) is 0 Å². The number of benzene rings is 2. The van der Waals surface area contributed by atoms with E-state index >= 15 is 0 Å². The number of anilines is 2. The molecule has 6 nitrogen and oxygen atoms in total. The quantitative estimate of drug-likeness (QED) is 0.796. The molecule has 0 bridgehead atoms. The van der Waals surface area contributed by atoms with E-state index in [4.69, 9.17) is 11.6 Å². The monoisotopic (exact) mass is 421 g/mol. The zero-order chi connectivity index (χ0) is 20.3. The van der Waals surface area contributed by atoms with E-state index in [0.717, 1.165) is 35.9 Å². The molecule has 1 saturated heterocycles. The molecule has 1 aliphatic heterocycles. The van der Waals surface area contributed by atoms with Crippen LogP contribution >= 0.6 is 11.6 Å². The molecule has 0 atom stereocenters. The highest BCUT2D eigenvalue weighted by molar-refractivity contribution is 7.89. The van der Waals surface area contributed by atoms with Crippen LogP contribution in [-0.2, 0) is 10.0 Å². The molecule has 0 aliphatic carbocycles. The summed E-state index contributed by atoms with van der Waals surface area (Å²) in [7, 11) is -0.699. The maximum absolute atomic E-state index is 12.6. The predicted molar refractivity (Wildman–Crippen MR) is 113 cm³/mol. The minimum atomic E-state index is -3.60. The second-order valence-electron chi connectivity index (χ2n) is 6.98. The zero-order valence-electron chi connectivity index (χ0n) is 16.0. The molecule has 0 spiro atoms. The number of piperidine rings is 1. The molecule has 0 aromatic heterocycles. The second-order valence-corrected chi connectivity index (χ2v) is 9.54. The first-order valence-electron chi connectivity index (χ1n) is 9.17. The van der Waals surface area contributed by atoms with Crippen molar-refractivity contribution in [3.05, 3.63) is 53.1 Å². The number of nitrogens with one attached hydrogen (secondary N) is 1. The van der Waals surface area contributed by atoms with Gasteiger partial charge in [-0.15, -0.1) is 0 Å². The summed E-state index contributed by atoms with van der Waals surface area (Å²) in [6.45, 7) is 1.97. The number of rotatable bonds is 5. The van der Waals surface area contributed by atoms with Gasteiger partial charge in [0.2, 0.25) is 10.0 Å². The van der Waals surface area contributed by atoms with E-state index in [0.29, 0.717) is 10.7 Å². The lowest BCUT2D eigenvalue weighted by Gasteiger charge is -2.29. The Kier molecular flexibility index (Phi) is 6.27. The first kappa shape index (κ1) is 20.6. The summed E-state index contributed by atoms with van der Waals surface area (Å²) in [6, 6.07) is 11.4. The van der Waals surface area contributed by atoms with E-state index in [1.54, 1.807) is 18.2 Å². The van der Waals surface area contributed by atoms with Crippen LogP contribution in [0.15, 0.2) is 47.4 Å². The molecular weight excluding hydrogens is 398 g/mol. The van der Waals surface area contributed by atoms with E-state index in [1.165, 1.54) is 32.6 Å². The van der Waals surface area contributed by atoms with Gasteiger partial charge in [-0.1, -0.05) is 17.7 Å². The van der Waals surface area contributed by atoms with Crippen molar-refractivity contribution in [1.82, 2.24) is 4.31 Å². The van der Waals surface area contributed by atoms with Crippen LogP contribution in [0.1, 0.15) is 29.6 Å². The van der Waals surface area contributed by atoms with E-state index in [-0.39, 0.29) is 10.5 Å². The molecule has 1 aliphatic rings. The third-order valence-electron chi connectivity index (χ3n) is 4.78. The van der Waals surface area contributed by atoms with Crippen LogP contribution in [0.3, 0.4) is 0 Å². The molecule has 1 fully saturated rings. The number of hydrogen-bond donors (Lipinski definition) is 1. The average Bonchev–Trinajstić information content (AvgIpc) is 2.68. The molecule has 0 unspecified atom stereocenters. The normalized spacial score (nSPS) is 14.9. The van der Waals surface area contributed by atoms with E-state index in [9.17, 15) is 13.2 Å². The molecule has 3 rings (SSSR count). The molecule has 28 heavy (non-hydrogen) atoms. The first-order valence-corrected chi connectivity index (χ1v) is 11.0. The maximum Gasteiger partial charge on any atom is 0.255 e. The van der Waals surface area contributed by atoms with Crippen LogP contribution in [-0.4, -0.2) is 45.8 Å². The van der Waals surface area contributed by atoms with E-state index < -0.39 is 15.9 Å². The van der Waals surface area contributed by atoms with Gasteiger partial charge in [0, 0.05) is 38.4 Å². The fourth-order valence-corrected chi connectivity index (χ4v) is 4.44. The molecule has 1 amide bonds. The van der Waals surface area contributed by atoms with Crippen molar-refractivity contribution >= 4 is 38.9 Å². The van der Waals surface area contributed by atoms with Gasteiger partial charge < -0.3 is 10.2 Å². The summed E-state index contributed by atoms with van der Waals surface area (Å²) >= 11 is 6.43. The molecule has 150 valence electrons. The van der Waals surface area contributed by atoms with Gasteiger partial charge in [0.05, 0.1) is 15.6 Å². The number of carbonyl (C=O) groups is 1. The smallest absolute Gasteiger partial charge is 0.255 e. The summed E-state index contributed by atoms with van der Waals surface area (Å²) in [6.07, 6.45) is 3.55. The van der Waals surface area contributed by atoms with E-state index in [2.05, 4.69) is 10.2 Å². The minimum absolute atomic E-state index is 0.0728. The van der Waals surface area contributed by atoms with Crippen molar-refractivity contribution in [2.24, 2.45) is 0 Å². The molecule has 1 N–H and O–H groups in total. The lowest BCUT2D eigenvalue weighted by molar-refractivity contribution is 0.102. The van der Waals surface area contributed by atoms with Crippen molar-refractivity contribution in [3.8, 4) is 0 Å². The largest absolute Gasteiger partial charge is 0.370 e. The number of halogens is 1. The van der Waals surface area contributed by atoms with Gasteiger partial charge in [-0.2, -0.15) is 0 Å². The van der Waals surface area contributed by atoms with Crippen molar-refractivity contribution in [2.45, 2.75) is 24.2 Å². The Hall–Kier alpha value is -2.09. The predicted octanol–water partition coefficient (Wildman–Crippen LogP) is 3.83.